The van der Waals surface area contributed by atoms with Crippen molar-refractivity contribution >= 4 is 29.1 Å². The van der Waals surface area contributed by atoms with Gasteiger partial charge in [-0.2, -0.15) is 0 Å². The second-order valence-electron chi connectivity index (χ2n) is 10.9. The Kier molecular flexibility index (Phi) is 6.56. The largest absolute Gasteiger partial charge is 0.497 e. The minimum atomic E-state index is -0.382. The molecule has 0 radical (unpaired) electrons. The molecule has 5 rings (SSSR count). The van der Waals surface area contributed by atoms with Crippen LogP contribution in [0.3, 0.4) is 0 Å². The fraction of sp³-hybridized carbons (Fsp3) is 0.433. The lowest BCUT2D eigenvalue weighted by Gasteiger charge is -2.41. The van der Waals surface area contributed by atoms with Crippen LogP contribution in [0.25, 0.3) is 0 Å². The Morgan fingerprint density at radius 1 is 1.08 bits per heavy atom. The molecule has 2 aliphatic heterocycles. The van der Waals surface area contributed by atoms with Crippen molar-refractivity contribution in [1.29, 1.82) is 0 Å². The number of carbonyl (C=O) groups is 2. The quantitative estimate of drug-likeness (QED) is 0.441. The summed E-state index contributed by atoms with van der Waals surface area (Å²) < 4.78 is 10.4. The van der Waals surface area contributed by atoms with Gasteiger partial charge >= 0.3 is 5.97 Å². The molecule has 194 valence electrons. The molecule has 0 fully saturated rings. The molecule has 1 aliphatic carbocycles. The van der Waals surface area contributed by atoms with Crippen molar-refractivity contribution in [2.45, 2.75) is 65.5 Å². The van der Waals surface area contributed by atoms with Crippen LogP contribution in [0.1, 0.15) is 68.8 Å². The van der Waals surface area contributed by atoms with E-state index in [9.17, 15) is 9.59 Å². The first-order chi connectivity index (χ1) is 17.8. The number of allylic oxidation sites excluding steroid dienone is 1. The Labute approximate surface area is 218 Å². The Morgan fingerprint density at radius 3 is 2.51 bits per heavy atom. The molecule has 7 heteroatoms. The van der Waals surface area contributed by atoms with Crippen LogP contribution in [0.5, 0.6) is 5.75 Å². The number of anilines is 2. The number of rotatable bonds is 7. The van der Waals surface area contributed by atoms with Gasteiger partial charge in [0, 0.05) is 12.0 Å². The monoisotopic (exact) mass is 501 g/mol. The normalized spacial score (nSPS) is 19.8. The van der Waals surface area contributed by atoms with Crippen LogP contribution in [0, 0.1) is 5.41 Å². The van der Waals surface area contributed by atoms with Gasteiger partial charge in [-0.1, -0.05) is 45.7 Å². The fourth-order valence-corrected chi connectivity index (χ4v) is 5.73. The molecular formula is C30H35N3O4. The van der Waals surface area contributed by atoms with Crippen molar-refractivity contribution in [2.75, 3.05) is 24.0 Å². The number of esters is 1. The maximum atomic E-state index is 13.5. The van der Waals surface area contributed by atoms with Gasteiger partial charge in [-0.15, -0.1) is 0 Å². The molecule has 0 bridgehead atoms. The Morgan fingerprint density at radius 2 is 1.84 bits per heavy atom. The number of fused-ring (bicyclic) bond motifs is 3. The highest BCUT2D eigenvalue weighted by molar-refractivity contribution is 6.20. The molecule has 1 unspecified atom stereocenters. The third kappa shape index (κ3) is 4.52. The van der Waals surface area contributed by atoms with E-state index in [-0.39, 0.29) is 23.2 Å². The molecule has 0 saturated carbocycles. The fourth-order valence-electron chi connectivity index (χ4n) is 5.73. The van der Waals surface area contributed by atoms with Crippen molar-refractivity contribution in [1.82, 2.24) is 0 Å². The SMILES string of the molecule is CCCCC1C2=C(CC(C)(C)CC2=O)N=C2N(Cc3ccc(OC)cc3)c3ccc(C(=O)OC)cc3N21. The molecule has 2 aromatic rings. The van der Waals surface area contributed by atoms with E-state index in [4.69, 9.17) is 14.5 Å². The van der Waals surface area contributed by atoms with E-state index in [0.29, 0.717) is 18.5 Å². The lowest BCUT2D eigenvalue weighted by Crippen LogP contribution is -2.50. The first-order valence-electron chi connectivity index (χ1n) is 13.0. The number of unbranched alkanes of at least 4 members (excludes halogenated alkanes) is 1. The summed E-state index contributed by atoms with van der Waals surface area (Å²) in [5.74, 6) is 1.43. The molecular weight excluding hydrogens is 466 g/mol. The summed E-state index contributed by atoms with van der Waals surface area (Å²) in [6.45, 7) is 7.05. The van der Waals surface area contributed by atoms with Crippen LogP contribution in [0.4, 0.5) is 11.4 Å². The Hall–Kier alpha value is -3.61. The van der Waals surface area contributed by atoms with Gasteiger partial charge in [0.05, 0.1) is 49.4 Å². The third-order valence-corrected chi connectivity index (χ3v) is 7.51. The van der Waals surface area contributed by atoms with Crippen LogP contribution in [-0.4, -0.2) is 38.0 Å². The highest BCUT2D eigenvalue weighted by Gasteiger charge is 2.47. The zero-order chi connectivity index (χ0) is 26.3. The summed E-state index contributed by atoms with van der Waals surface area (Å²) in [7, 11) is 3.05. The maximum Gasteiger partial charge on any atom is 0.337 e. The number of ketones is 1. The van der Waals surface area contributed by atoms with Gasteiger partial charge in [0.25, 0.3) is 0 Å². The Bertz CT molecular complexity index is 1290. The standard InChI is InChI=1S/C30H35N3O4/c1-6-7-8-24-27-22(16-30(2,3)17-26(27)34)31-29-32(18-19-9-12-21(36-4)13-10-19)23-14-11-20(28(35)37-5)15-25(23)33(24)29/h9-15,24H,6-8,16-18H2,1-5H3. The maximum absolute atomic E-state index is 13.5. The number of carbonyl (C=O) groups excluding carboxylic acids is 2. The number of Topliss-reactive ketones (excluding diaryl/α,β-unsaturated/α-hetero) is 1. The number of aliphatic imine (C=N–C) groups is 1. The summed E-state index contributed by atoms with van der Waals surface area (Å²) >= 11 is 0. The molecule has 37 heavy (non-hydrogen) atoms. The van der Waals surface area contributed by atoms with Gasteiger partial charge in [-0.05, 0) is 54.2 Å². The van der Waals surface area contributed by atoms with Crippen LogP contribution in [0.2, 0.25) is 0 Å². The van der Waals surface area contributed by atoms with E-state index in [1.54, 1.807) is 13.2 Å². The van der Waals surface area contributed by atoms with E-state index in [1.165, 1.54) is 7.11 Å². The summed E-state index contributed by atoms with van der Waals surface area (Å²) in [5, 5.41) is 0. The number of guanidine groups is 1. The summed E-state index contributed by atoms with van der Waals surface area (Å²) in [5.41, 5.74) is 5.08. The molecule has 7 nitrogen and oxygen atoms in total. The molecule has 0 saturated heterocycles. The van der Waals surface area contributed by atoms with Crippen molar-refractivity contribution < 1.29 is 19.1 Å². The van der Waals surface area contributed by atoms with E-state index in [2.05, 4.69) is 42.7 Å². The minimum Gasteiger partial charge on any atom is -0.497 e. The number of benzene rings is 2. The molecule has 1 atom stereocenters. The van der Waals surface area contributed by atoms with Crippen LogP contribution in [0.15, 0.2) is 58.7 Å². The van der Waals surface area contributed by atoms with Gasteiger partial charge in [0.2, 0.25) is 5.96 Å². The van der Waals surface area contributed by atoms with Crippen LogP contribution in [-0.2, 0) is 16.1 Å². The second-order valence-corrected chi connectivity index (χ2v) is 10.9. The minimum absolute atomic E-state index is 0.112. The molecule has 2 aromatic carbocycles. The van der Waals surface area contributed by atoms with Crippen molar-refractivity contribution in [3.05, 3.63) is 64.9 Å². The number of nitrogens with zero attached hydrogens (tertiary/aromatic N) is 3. The van der Waals surface area contributed by atoms with E-state index >= 15 is 0 Å². The van der Waals surface area contributed by atoms with E-state index in [1.807, 2.05) is 24.3 Å². The number of methoxy groups -OCH3 is 2. The molecule has 3 aliphatic rings. The van der Waals surface area contributed by atoms with Crippen LogP contribution >= 0.6 is 0 Å². The van der Waals surface area contributed by atoms with Crippen molar-refractivity contribution in [3.8, 4) is 5.75 Å². The number of hydrogen-bond donors (Lipinski definition) is 0. The van der Waals surface area contributed by atoms with Crippen LogP contribution < -0.4 is 14.5 Å². The number of hydrogen-bond acceptors (Lipinski definition) is 7. The van der Waals surface area contributed by atoms with Gasteiger partial charge in [0.1, 0.15) is 5.75 Å². The first kappa shape index (κ1) is 25.1. The van der Waals surface area contributed by atoms with Crippen molar-refractivity contribution in [3.63, 3.8) is 0 Å². The third-order valence-electron chi connectivity index (χ3n) is 7.51. The summed E-state index contributed by atoms with van der Waals surface area (Å²) in [6, 6.07) is 13.6. The van der Waals surface area contributed by atoms with E-state index in [0.717, 1.165) is 65.6 Å². The average molecular weight is 502 g/mol. The number of ether oxygens (including phenoxy) is 2. The van der Waals surface area contributed by atoms with Gasteiger partial charge in [0.15, 0.2) is 5.78 Å². The molecule has 2 heterocycles. The lowest BCUT2D eigenvalue weighted by atomic mass is 9.73. The summed E-state index contributed by atoms with van der Waals surface area (Å²) in [6.07, 6.45) is 4.17. The molecule has 0 aromatic heterocycles. The summed E-state index contributed by atoms with van der Waals surface area (Å²) in [4.78, 5) is 35.5. The smallest absolute Gasteiger partial charge is 0.337 e. The van der Waals surface area contributed by atoms with Gasteiger partial charge < -0.3 is 19.3 Å². The highest BCUT2D eigenvalue weighted by Crippen LogP contribution is 2.48. The Balaban J connectivity index is 1.66. The van der Waals surface area contributed by atoms with Gasteiger partial charge in [-0.25, -0.2) is 9.79 Å². The van der Waals surface area contributed by atoms with Crippen molar-refractivity contribution in [2.24, 2.45) is 10.4 Å². The zero-order valence-corrected chi connectivity index (χ0v) is 22.3. The predicted molar refractivity (Wildman–Crippen MR) is 145 cm³/mol. The molecule has 0 N–H and O–H groups in total. The molecule has 0 spiro atoms. The molecule has 0 amide bonds. The van der Waals surface area contributed by atoms with Gasteiger partial charge in [-0.3, -0.25) is 4.79 Å². The predicted octanol–water partition coefficient (Wildman–Crippen LogP) is 5.88. The van der Waals surface area contributed by atoms with E-state index < -0.39 is 0 Å². The average Bonchev–Trinajstić information content (AvgIpc) is 3.18. The highest BCUT2D eigenvalue weighted by atomic mass is 16.5. The first-order valence-corrected chi connectivity index (χ1v) is 13.0. The second kappa shape index (κ2) is 9.69. The topological polar surface area (TPSA) is 71.4 Å². The zero-order valence-electron chi connectivity index (χ0n) is 22.3. The lowest BCUT2D eigenvalue weighted by molar-refractivity contribution is -0.118.